The molecule has 0 spiro atoms. The molecule has 2 aromatic carbocycles. The number of aliphatic hydroxyl groups is 1. The maximum atomic E-state index is 13.2. The van der Waals surface area contributed by atoms with Gasteiger partial charge >= 0.3 is 5.97 Å². The van der Waals surface area contributed by atoms with Crippen LogP contribution in [-0.2, 0) is 24.3 Å². The molecular formula is C26H27N5O4. The van der Waals surface area contributed by atoms with Gasteiger partial charge in [-0.3, -0.25) is 19.1 Å². The molecule has 0 amide bonds. The summed E-state index contributed by atoms with van der Waals surface area (Å²) in [5.41, 5.74) is 1.66. The average Bonchev–Trinajstić information content (AvgIpc) is 3.28. The standard InChI is InChI=1S/C26H27N5O4/c32-23(33)14-20-7-4-8-21(13-20)31-24-22(15-28-31)25(34)30(18-27-24)17-26(35)9-11-29(12-10-26)16-19-5-2-1-3-6-19/h1-8,13,15,18,35H,9-12,14,16-17H2,(H,32,33). The van der Waals surface area contributed by atoms with E-state index < -0.39 is 11.6 Å². The third-order valence-corrected chi connectivity index (χ3v) is 6.57. The number of nitrogens with zero attached hydrogens (tertiary/aromatic N) is 5. The first-order valence-corrected chi connectivity index (χ1v) is 11.6. The minimum absolute atomic E-state index is 0.103. The second kappa shape index (κ2) is 9.44. The van der Waals surface area contributed by atoms with Crippen LogP contribution in [0.4, 0.5) is 0 Å². The van der Waals surface area contributed by atoms with Crippen LogP contribution >= 0.6 is 0 Å². The molecule has 0 bridgehead atoms. The SMILES string of the molecule is O=C(O)Cc1cccc(-n2ncc3c(=O)n(CC4(O)CCN(Cc5ccccc5)CC4)cnc32)c1. The van der Waals surface area contributed by atoms with Crippen molar-refractivity contribution >= 4 is 17.0 Å². The van der Waals surface area contributed by atoms with Crippen LogP contribution in [0.2, 0.25) is 0 Å². The lowest BCUT2D eigenvalue weighted by Gasteiger charge is -2.38. The van der Waals surface area contributed by atoms with Crippen molar-refractivity contribution in [1.29, 1.82) is 0 Å². The Hall–Kier alpha value is -3.82. The van der Waals surface area contributed by atoms with E-state index in [-0.39, 0.29) is 18.5 Å². The number of likely N-dealkylation sites (tertiary alicyclic amines) is 1. The molecule has 1 saturated heterocycles. The molecule has 0 aliphatic carbocycles. The molecule has 2 N–H and O–H groups in total. The maximum absolute atomic E-state index is 13.2. The fourth-order valence-electron chi connectivity index (χ4n) is 4.67. The Bertz CT molecular complexity index is 1400. The molecule has 0 saturated carbocycles. The summed E-state index contributed by atoms with van der Waals surface area (Å²) >= 11 is 0. The summed E-state index contributed by atoms with van der Waals surface area (Å²) in [5, 5.41) is 24.9. The molecule has 1 fully saturated rings. The van der Waals surface area contributed by atoms with Crippen molar-refractivity contribution in [3.63, 3.8) is 0 Å². The van der Waals surface area contributed by atoms with Gasteiger partial charge in [0.15, 0.2) is 5.65 Å². The molecule has 3 heterocycles. The van der Waals surface area contributed by atoms with Crippen molar-refractivity contribution < 1.29 is 15.0 Å². The molecule has 5 rings (SSSR count). The highest BCUT2D eigenvalue weighted by atomic mass is 16.4. The van der Waals surface area contributed by atoms with Crippen LogP contribution in [0.3, 0.4) is 0 Å². The van der Waals surface area contributed by atoms with E-state index in [1.54, 1.807) is 24.3 Å². The smallest absolute Gasteiger partial charge is 0.307 e. The van der Waals surface area contributed by atoms with Gasteiger partial charge in [-0.15, -0.1) is 0 Å². The lowest BCUT2D eigenvalue weighted by Crippen LogP contribution is -2.47. The number of hydrogen-bond donors (Lipinski definition) is 2. The topological polar surface area (TPSA) is 113 Å². The number of benzene rings is 2. The van der Waals surface area contributed by atoms with E-state index in [1.165, 1.54) is 27.3 Å². The molecule has 2 aromatic heterocycles. The number of fused-ring (bicyclic) bond motifs is 1. The van der Waals surface area contributed by atoms with Crippen LogP contribution in [0.5, 0.6) is 0 Å². The van der Waals surface area contributed by atoms with Gasteiger partial charge in [0.25, 0.3) is 5.56 Å². The predicted octanol–water partition coefficient (Wildman–Crippen LogP) is 2.24. The number of carbonyl (C=O) groups is 1. The molecule has 180 valence electrons. The van der Waals surface area contributed by atoms with Gasteiger partial charge in [-0.2, -0.15) is 5.10 Å². The first-order valence-electron chi connectivity index (χ1n) is 11.6. The van der Waals surface area contributed by atoms with Crippen molar-refractivity contribution in [1.82, 2.24) is 24.2 Å². The lowest BCUT2D eigenvalue weighted by molar-refractivity contribution is -0.136. The molecule has 9 nitrogen and oxygen atoms in total. The van der Waals surface area contributed by atoms with Crippen LogP contribution in [0.15, 0.2) is 71.9 Å². The molecule has 1 aliphatic rings. The van der Waals surface area contributed by atoms with Crippen LogP contribution < -0.4 is 5.56 Å². The summed E-state index contributed by atoms with van der Waals surface area (Å²) in [4.78, 5) is 31.0. The number of carboxylic acid groups (broad SMARTS) is 1. The van der Waals surface area contributed by atoms with E-state index in [1.807, 2.05) is 18.2 Å². The van der Waals surface area contributed by atoms with Crippen molar-refractivity contribution in [2.24, 2.45) is 0 Å². The zero-order valence-electron chi connectivity index (χ0n) is 19.2. The predicted molar refractivity (Wildman–Crippen MR) is 130 cm³/mol. The molecule has 1 aliphatic heterocycles. The summed E-state index contributed by atoms with van der Waals surface area (Å²) < 4.78 is 2.99. The Kier molecular flexibility index (Phi) is 6.19. The summed E-state index contributed by atoms with van der Waals surface area (Å²) in [6.07, 6.45) is 3.96. The van der Waals surface area contributed by atoms with Gasteiger partial charge in [0.05, 0.1) is 30.5 Å². The second-order valence-corrected chi connectivity index (χ2v) is 9.20. The molecule has 0 radical (unpaired) electrons. The van der Waals surface area contributed by atoms with Gasteiger partial charge in [-0.25, -0.2) is 9.67 Å². The Morgan fingerprint density at radius 1 is 1.03 bits per heavy atom. The molecule has 35 heavy (non-hydrogen) atoms. The first kappa shape index (κ1) is 22.9. The van der Waals surface area contributed by atoms with Crippen LogP contribution in [-0.4, -0.2) is 59.1 Å². The fraction of sp³-hybridized carbons (Fsp3) is 0.308. The van der Waals surface area contributed by atoms with Gasteiger partial charge in [-0.1, -0.05) is 42.5 Å². The van der Waals surface area contributed by atoms with Gasteiger partial charge in [0, 0.05) is 19.6 Å². The number of aliphatic carboxylic acids is 1. The number of hydrogen-bond acceptors (Lipinski definition) is 6. The minimum Gasteiger partial charge on any atom is -0.481 e. The van der Waals surface area contributed by atoms with Gasteiger partial charge in [-0.05, 0) is 36.1 Å². The normalized spacial score (nSPS) is 15.9. The summed E-state index contributed by atoms with van der Waals surface area (Å²) in [6, 6.07) is 17.3. The largest absolute Gasteiger partial charge is 0.481 e. The first-order chi connectivity index (χ1) is 16.9. The Morgan fingerprint density at radius 3 is 2.51 bits per heavy atom. The highest BCUT2D eigenvalue weighted by Gasteiger charge is 2.33. The molecule has 9 heteroatoms. The number of carboxylic acids is 1. The Labute approximate surface area is 201 Å². The van der Waals surface area contributed by atoms with Crippen LogP contribution in [0.25, 0.3) is 16.7 Å². The van der Waals surface area contributed by atoms with E-state index in [2.05, 4.69) is 27.1 Å². The molecular weight excluding hydrogens is 446 g/mol. The monoisotopic (exact) mass is 473 g/mol. The lowest BCUT2D eigenvalue weighted by atomic mass is 9.91. The zero-order chi connectivity index (χ0) is 24.4. The van der Waals surface area contributed by atoms with Gasteiger partial charge < -0.3 is 10.2 Å². The number of piperidine rings is 1. The van der Waals surface area contributed by atoms with Crippen molar-refractivity contribution in [3.05, 3.63) is 88.6 Å². The Morgan fingerprint density at radius 2 is 1.77 bits per heavy atom. The molecule has 4 aromatic rings. The average molecular weight is 474 g/mol. The van der Waals surface area contributed by atoms with Crippen LogP contribution in [0, 0.1) is 0 Å². The summed E-state index contributed by atoms with van der Waals surface area (Å²) in [6.45, 7) is 2.52. The summed E-state index contributed by atoms with van der Waals surface area (Å²) in [7, 11) is 0. The van der Waals surface area contributed by atoms with Crippen molar-refractivity contribution in [2.45, 2.75) is 38.0 Å². The fourth-order valence-corrected chi connectivity index (χ4v) is 4.67. The van der Waals surface area contributed by atoms with E-state index in [0.717, 1.165) is 19.6 Å². The Balaban J connectivity index is 1.32. The number of aromatic nitrogens is 4. The summed E-state index contributed by atoms with van der Waals surface area (Å²) in [5.74, 6) is -0.919. The van der Waals surface area contributed by atoms with Gasteiger partial charge in [0.1, 0.15) is 11.7 Å². The van der Waals surface area contributed by atoms with Gasteiger partial charge in [0.2, 0.25) is 0 Å². The highest BCUT2D eigenvalue weighted by molar-refractivity contribution is 5.75. The van der Waals surface area contributed by atoms with E-state index in [0.29, 0.717) is 35.1 Å². The number of rotatable bonds is 7. The third kappa shape index (κ3) is 5.01. The molecule has 0 atom stereocenters. The third-order valence-electron chi connectivity index (χ3n) is 6.57. The molecule has 0 unspecified atom stereocenters. The minimum atomic E-state index is -0.979. The van der Waals surface area contributed by atoms with Crippen molar-refractivity contribution in [2.75, 3.05) is 13.1 Å². The maximum Gasteiger partial charge on any atom is 0.307 e. The van der Waals surface area contributed by atoms with Crippen LogP contribution in [0.1, 0.15) is 24.0 Å². The van der Waals surface area contributed by atoms with E-state index >= 15 is 0 Å². The zero-order valence-corrected chi connectivity index (χ0v) is 19.2. The van der Waals surface area contributed by atoms with Crippen molar-refractivity contribution in [3.8, 4) is 5.69 Å². The van der Waals surface area contributed by atoms with E-state index in [9.17, 15) is 14.7 Å². The van der Waals surface area contributed by atoms with E-state index in [4.69, 9.17) is 5.11 Å². The second-order valence-electron chi connectivity index (χ2n) is 9.20. The quantitative estimate of drug-likeness (QED) is 0.423. The highest BCUT2D eigenvalue weighted by Crippen LogP contribution is 2.25.